The zero-order valence-electron chi connectivity index (χ0n) is 11.1. The van der Waals surface area contributed by atoms with Crippen LogP contribution in [0.5, 0.6) is 0 Å². The summed E-state index contributed by atoms with van der Waals surface area (Å²) in [4.78, 5) is 4.35. The van der Waals surface area contributed by atoms with E-state index in [4.69, 9.17) is 0 Å². The van der Waals surface area contributed by atoms with Crippen molar-refractivity contribution in [3.63, 3.8) is 0 Å². The molecule has 92 valence electrons. The first kappa shape index (κ1) is 13.2. The van der Waals surface area contributed by atoms with E-state index < -0.39 is 0 Å². The van der Waals surface area contributed by atoms with Gasteiger partial charge in [-0.3, -0.25) is 4.68 Å². The molecule has 0 radical (unpaired) electrons. The molecule has 2 atom stereocenters. The van der Waals surface area contributed by atoms with E-state index in [0.717, 1.165) is 18.8 Å². The van der Waals surface area contributed by atoms with Gasteiger partial charge in [-0.15, -0.1) is 0 Å². The number of nitrogens with one attached hydrogen (secondary N) is 1. The molecular formula is C12H24N4. The maximum Gasteiger partial charge on any atom is 0.138 e. The summed E-state index contributed by atoms with van der Waals surface area (Å²) in [5.74, 6) is 2.34. The molecule has 16 heavy (non-hydrogen) atoms. The maximum absolute atomic E-state index is 4.35. The Kier molecular flexibility index (Phi) is 4.93. The predicted molar refractivity (Wildman–Crippen MR) is 66.2 cm³/mol. The van der Waals surface area contributed by atoms with Gasteiger partial charge in [0.15, 0.2) is 0 Å². The van der Waals surface area contributed by atoms with Crippen molar-refractivity contribution >= 4 is 0 Å². The molecule has 4 nitrogen and oxygen atoms in total. The first-order valence-corrected chi connectivity index (χ1v) is 6.14. The summed E-state index contributed by atoms with van der Waals surface area (Å²) in [6.45, 7) is 9.77. The summed E-state index contributed by atoms with van der Waals surface area (Å²) < 4.78 is 1.98. The van der Waals surface area contributed by atoms with E-state index in [1.807, 2.05) is 11.7 Å². The maximum atomic E-state index is 4.35. The Morgan fingerprint density at radius 2 is 2.06 bits per heavy atom. The summed E-state index contributed by atoms with van der Waals surface area (Å²) in [5.41, 5.74) is 0. The van der Waals surface area contributed by atoms with Crippen molar-refractivity contribution in [2.45, 2.75) is 46.7 Å². The van der Waals surface area contributed by atoms with Gasteiger partial charge in [-0.25, -0.2) is 4.98 Å². The molecule has 0 spiro atoms. The van der Waals surface area contributed by atoms with Crippen LogP contribution < -0.4 is 5.32 Å². The van der Waals surface area contributed by atoms with Gasteiger partial charge in [-0.1, -0.05) is 13.8 Å². The van der Waals surface area contributed by atoms with Crippen LogP contribution in [0.15, 0.2) is 6.33 Å². The topological polar surface area (TPSA) is 42.7 Å². The number of rotatable bonds is 6. The minimum atomic E-state index is 0.502. The number of nitrogens with zero attached hydrogens (tertiary/aromatic N) is 3. The molecule has 1 rings (SSSR count). The number of hydrogen-bond donors (Lipinski definition) is 1. The average Bonchev–Trinajstić information content (AvgIpc) is 2.71. The van der Waals surface area contributed by atoms with Crippen LogP contribution in [0.4, 0.5) is 0 Å². The van der Waals surface area contributed by atoms with Gasteiger partial charge in [0, 0.05) is 19.0 Å². The summed E-state index contributed by atoms with van der Waals surface area (Å²) in [6.07, 6.45) is 2.65. The van der Waals surface area contributed by atoms with Gasteiger partial charge in [0.25, 0.3) is 0 Å². The van der Waals surface area contributed by atoms with Crippen molar-refractivity contribution < 1.29 is 0 Å². The zero-order chi connectivity index (χ0) is 12.1. The van der Waals surface area contributed by atoms with Gasteiger partial charge < -0.3 is 5.32 Å². The van der Waals surface area contributed by atoms with E-state index in [-0.39, 0.29) is 0 Å². The SMILES string of the molecule is CCn1ncnc1CC(C(C)C)C(C)NC. The third-order valence-electron chi connectivity index (χ3n) is 3.37. The molecule has 0 aromatic carbocycles. The highest BCUT2D eigenvalue weighted by Gasteiger charge is 2.22. The minimum Gasteiger partial charge on any atom is -0.317 e. The minimum absolute atomic E-state index is 0.502. The molecule has 0 saturated heterocycles. The van der Waals surface area contributed by atoms with Crippen LogP contribution in [0, 0.1) is 11.8 Å². The predicted octanol–water partition coefficient (Wildman–Crippen LogP) is 1.72. The fourth-order valence-corrected chi connectivity index (χ4v) is 2.13. The van der Waals surface area contributed by atoms with Crippen LogP contribution in [0.25, 0.3) is 0 Å². The molecule has 4 heteroatoms. The molecule has 0 fully saturated rings. The molecule has 1 heterocycles. The van der Waals surface area contributed by atoms with E-state index >= 15 is 0 Å². The lowest BCUT2D eigenvalue weighted by atomic mass is 9.86. The van der Waals surface area contributed by atoms with Crippen molar-refractivity contribution in [2.24, 2.45) is 11.8 Å². The lowest BCUT2D eigenvalue weighted by Gasteiger charge is -2.26. The van der Waals surface area contributed by atoms with Crippen LogP contribution in [0.3, 0.4) is 0 Å². The van der Waals surface area contributed by atoms with Crippen molar-refractivity contribution in [3.05, 3.63) is 12.2 Å². The first-order chi connectivity index (χ1) is 7.60. The Morgan fingerprint density at radius 3 is 2.56 bits per heavy atom. The smallest absolute Gasteiger partial charge is 0.138 e. The highest BCUT2D eigenvalue weighted by molar-refractivity contribution is 4.90. The van der Waals surface area contributed by atoms with E-state index in [9.17, 15) is 0 Å². The number of hydrogen-bond acceptors (Lipinski definition) is 3. The lowest BCUT2D eigenvalue weighted by molar-refractivity contribution is 0.291. The van der Waals surface area contributed by atoms with E-state index in [0.29, 0.717) is 17.9 Å². The second kappa shape index (κ2) is 5.99. The molecular weight excluding hydrogens is 200 g/mol. The molecule has 0 aliphatic carbocycles. The van der Waals surface area contributed by atoms with Crippen LogP contribution in [0.1, 0.15) is 33.5 Å². The average molecular weight is 224 g/mol. The third kappa shape index (κ3) is 3.04. The Morgan fingerprint density at radius 1 is 1.38 bits per heavy atom. The molecule has 2 unspecified atom stereocenters. The van der Waals surface area contributed by atoms with Gasteiger partial charge >= 0.3 is 0 Å². The summed E-state index contributed by atoms with van der Waals surface area (Å²) in [7, 11) is 2.02. The van der Waals surface area contributed by atoms with Gasteiger partial charge in [0.1, 0.15) is 12.2 Å². The summed E-state index contributed by atoms with van der Waals surface area (Å²) >= 11 is 0. The summed E-state index contributed by atoms with van der Waals surface area (Å²) in [6, 6.07) is 0.502. The highest BCUT2D eigenvalue weighted by atomic mass is 15.3. The molecule has 1 aromatic rings. The van der Waals surface area contributed by atoms with Gasteiger partial charge in [0.2, 0.25) is 0 Å². The van der Waals surface area contributed by atoms with Crippen LogP contribution in [-0.2, 0) is 13.0 Å². The van der Waals surface area contributed by atoms with Crippen LogP contribution in [-0.4, -0.2) is 27.9 Å². The quantitative estimate of drug-likeness (QED) is 0.800. The fraction of sp³-hybridized carbons (Fsp3) is 0.833. The molecule has 1 N–H and O–H groups in total. The van der Waals surface area contributed by atoms with Crippen molar-refractivity contribution in [2.75, 3.05) is 7.05 Å². The van der Waals surface area contributed by atoms with Gasteiger partial charge in [-0.05, 0) is 32.7 Å². The normalized spacial score (nSPS) is 15.4. The van der Waals surface area contributed by atoms with Gasteiger partial charge in [0.05, 0.1) is 0 Å². The third-order valence-corrected chi connectivity index (χ3v) is 3.37. The van der Waals surface area contributed by atoms with Crippen LogP contribution >= 0.6 is 0 Å². The van der Waals surface area contributed by atoms with E-state index in [2.05, 4.69) is 43.1 Å². The fourth-order valence-electron chi connectivity index (χ4n) is 2.13. The zero-order valence-corrected chi connectivity index (χ0v) is 11.1. The Bertz CT molecular complexity index is 306. The van der Waals surface area contributed by atoms with Crippen LogP contribution in [0.2, 0.25) is 0 Å². The van der Waals surface area contributed by atoms with Crippen molar-refractivity contribution in [1.82, 2.24) is 20.1 Å². The summed E-state index contributed by atoms with van der Waals surface area (Å²) in [5, 5.41) is 7.56. The Labute approximate surface area is 98.5 Å². The second-order valence-corrected chi connectivity index (χ2v) is 4.68. The molecule has 0 saturated carbocycles. The van der Waals surface area contributed by atoms with Crippen molar-refractivity contribution in [1.29, 1.82) is 0 Å². The Balaban J connectivity index is 2.75. The largest absolute Gasteiger partial charge is 0.317 e. The lowest BCUT2D eigenvalue weighted by Crippen LogP contribution is -2.35. The monoisotopic (exact) mass is 224 g/mol. The standard InChI is InChI=1S/C12H24N4/c1-6-16-12(14-8-15-16)7-11(9(2)3)10(4)13-5/h8-11,13H,6-7H2,1-5H3. The molecule has 0 aliphatic rings. The Hall–Kier alpha value is -0.900. The second-order valence-electron chi connectivity index (χ2n) is 4.68. The number of aromatic nitrogens is 3. The first-order valence-electron chi connectivity index (χ1n) is 6.14. The molecule has 0 amide bonds. The molecule has 1 aromatic heterocycles. The van der Waals surface area contributed by atoms with E-state index in [1.54, 1.807) is 6.33 Å². The molecule has 0 bridgehead atoms. The van der Waals surface area contributed by atoms with Crippen molar-refractivity contribution in [3.8, 4) is 0 Å². The highest BCUT2D eigenvalue weighted by Crippen LogP contribution is 2.19. The van der Waals surface area contributed by atoms with Gasteiger partial charge in [-0.2, -0.15) is 5.10 Å². The van der Waals surface area contributed by atoms with E-state index in [1.165, 1.54) is 0 Å². The number of aryl methyl sites for hydroxylation is 1. The molecule has 0 aliphatic heterocycles.